The van der Waals surface area contributed by atoms with E-state index >= 15 is 0 Å². The molecule has 1 amide bonds. The van der Waals surface area contributed by atoms with Crippen LogP contribution < -0.4 is 25.0 Å². The Morgan fingerprint density at radius 1 is 1.07 bits per heavy atom. The first kappa shape index (κ1) is 28.5. The summed E-state index contributed by atoms with van der Waals surface area (Å²) >= 11 is 6.26. The first-order valence-corrected chi connectivity index (χ1v) is 14.8. The summed E-state index contributed by atoms with van der Waals surface area (Å²) in [6, 6.07) is 20.5. The van der Waals surface area contributed by atoms with Crippen LogP contribution in [0.2, 0.25) is 5.02 Å². The van der Waals surface area contributed by atoms with Gasteiger partial charge in [0.05, 0.1) is 25.7 Å². The molecule has 0 spiro atoms. The Kier molecular flexibility index (Phi) is 8.99. The molecule has 6 nitrogen and oxygen atoms in total. The maximum atomic E-state index is 13.8. The zero-order valence-corrected chi connectivity index (χ0v) is 24.6. The molecule has 2 aliphatic heterocycles. The Bertz CT molecular complexity index is 1310. The molecule has 7 heteroatoms. The first-order valence-electron chi connectivity index (χ1n) is 14.4. The van der Waals surface area contributed by atoms with E-state index in [9.17, 15) is 4.79 Å². The van der Waals surface area contributed by atoms with Crippen molar-refractivity contribution in [2.75, 3.05) is 25.1 Å². The lowest BCUT2D eigenvalue weighted by Crippen LogP contribution is -2.44. The van der Waals surface area contributed by atoms with Crippen LogP contribution in [0.15, 0.2) is 60.7 Å². The van der Waals surface area contributed by atoms with Gasteiger partial charge in [0.15, 0.2) is 11.5 Å². The van der Waals surface area contributed by atoms with Crippen molar-refractivity contribution in [1.29, 1.82) is 0 Å². The van der Waals surface area contributed by atoms with Crippen molar-refractivity contribution in [2.24, 2.45) is 0 Å². The summed E-state index contributed by atoms with van der Waals surface area (Å²) < 4.78 is 11.9. The lowest BCUT2D eigenvalue weighted by Gasteiger charge is -2.38. The molecule has 3 aromatic carbocycles. The van der Waals surface area contributed by atoms with Gasteiger partial charge in [0.2, 0.25) is 5.91 Å². The number of carbonyl (C=O) groups is 1. The van der Waals surface area contributed by atoms with Gasteiger partial charge in [-0.05, 0) is 98.3 Å². The molecule has 5 rings (SSSR count). The van der Waals surface area contributed by atoms with Gasteiger partial charge in [-0.2, -0.15) is 0 Å². The number of nitrogens with zero attached hydrogens (tertiary/aromatic N) is 1. The summed E-state index contributed by atoms with van der Waals surface area (Å²) in [5.74, 6) is 1.38. The third-order valence-corrected chi connectivity index (χ3v) is 8.38. The minimum atomic E-state index is -0.326. The molecule has 212 valence electrons. The summed E-state index contributed by atoms with van der Waals surface area (Å²) in [5, 5.41) is 7.88. The summed E-state index contributed by atoms with van der Waals surface area (Å²) in [6.07, 6.45) is 3.59. The molecular weight excluding hydrogens is 522 g/mol. The molecule has 0 aromatic heterocycles. The van der Waals surface area contributed by atoms with Crippen LogP contribution in [-0.4, -0.2) is 38.3 Å². The number of hydrogen-bond donors (Lipinski definition) is 2. The van der Waals surface area contributed by atoms with E-state index in [1.54, 1.807) is 7.11 Å². The number of amides is 1. The number of nitrogens with one attached hydrogen (secondary N) is 2. The average molecular weight is 562 g/mol. The topological polar surface area (TPSA) is 62.8 Å². The number of benzene rings is 3. The van der Waals surface area contributed by atoms with Gasteiger partial charge in [0.1, 0.15) is 0 Å². The molecule has 2 aliphatic rings. The number of halogens is 1. The molecule has 3 aromatic rings. The van der Waals surface area contributed by atoms with Gasteiger partial charge in [-0.1, -0.05) is 42.8 Å². The molecule has 0 bridgehead atoms. The molecule has 0 aliphatic carbocycles. The van der Waals surface area contributed by atoms with E-state index < -0.39 is 0 Å². The molecule has 0 radical (unpaired) electrons. The van der Waals surface area contributed by atoms with Gasteiger partial charge < -0.3 is 25.0 Å². The second-order valence-corrected chi connectivity index (χ2v) is 11.4. The van der Waals surface area contributed by atoms with Crippen LogP contribution in [0.3, 0.4) is 0 Å². The molecule has 2 heterocycles. The van der Waals surface area contributed by atoms with Gasteiger partial charge in [-0.15, -0.1) is 0 Å². The zero-order chi connectivity index (χ0) is 28.2. The lowest BCUT2D eigenvalue weighted by molar-refractivity contribution is -0.118. The second kappa shape index (κ2) is 12.6. The van der Waals surface area contributed by atoms with Crippen LogP contribution in [0.4, 0.5) is 5.69 Å². The second-order valence-electron chi connectivity index (χ2n) is 11.0. The van der Waals surface area contributed by atoms with E-state index in [1.165, 1.54) is 18.4 Å². The molecule has 2 unspecified atom stereocenters. The average Bonchev–Trinajstić information content (AvgIpc) is 2.97. The molecular formula is C33H40ClN3O3. The predicted octanol–water partition coefficient (Wildman–Crippen LogP) is 6.61. The molecule has 1 saturated heterocycles. The number of piperidine rings is 1. The summed E-state index contributed by atoms with van der Waals surface area (Å²) in [6.45, 7) is 8.45. The number of anilines is 1. The van der Waals surface area contributed by atoms with Crippen LogP contribution in [0.5, 0.6) is 11.5 Å². The van der Waals surface area contributed by atoms with Crippen molar-refractivity contribution in [3.8, 4) is 11.5 Å². The van der Waals surface area contributed by atoms with E-state index in [2.05, 4.69) is 54.8 Å². The fourth-order valence-electron chi connectivity index (χ4n) is 5.74. The Labute approximate surface area is 243 Å². The van der Waals surface area contributed by atoms with E-state index in [0.29, 0.717) is 22.6 Å². The number of methoxy groups -OCH3 is 1. The third-order valence-electron chi connectivity index (χ3n) is 8.13. The lowest BCUT2D eigenvalue weighted by atomic mass is 9.86. The number of carbonyl (C=O) groups excluding carboxylic acids is 1. The smallest absolute Gasteiger partial charge is 0.232 e. The first-order chi connectivity index (χ1) is 19.4. The number of ether oxygens (including phenoxy) is 2. The van der Waals surface area contributed by atoms with E-state index in [4.69, 9.17) is 21.1 Å². The Balaban J connectivity index is 1.51. The highest BCUT2D eigenvalue weighted by Gasteiger charge is 2.36. The highest BCUT2D eigenvalue weighted by atomic mass is 35.5. The Morgan fingerprint density at radius 3 is 2.48 bits per heavy atom. The van der Waals surface area contributed by atoms with E-state index in [0.717, 1.165) is 41.9 Å². The molecule has 0 saturated carbocycles. The highest BCUT2D eigenvalue weighted by molar-refractivity contribution is 6.30. The number of rotatable bonds is 9. The molecule has 4 atom stereocenters. The van der Waals surface area contributed by atoms with Gasteiger partial charge in [0, 0.05) is 29.3 Å². The van der Waals surface area contributed by atoms with Crippen LogP contribution in [0.1, 0.15) is 74.4 Å². The van der Waals surface area contributed by atoms with Crippen molar-refractivity contribution in [2.45, 2.75) is 70.7 Å². The quantitative estimate of drug-likeness (QED) is 0.308. The SMILES string of the molecule is CC[C@@H](C)Oc1cc2c(cc1OC)CC(=O)N(c1ccc(C(C)N[C@@H]3CCCNC3)cc1)C2c1ccc(Cl)cc1. The molecule has 1 fully saturated rings. The van der Waals surface area contributed by atoms with Crippen molar-refractivity contribution < 1.29 is 14.3 Å². The minimum absolute atomic E-state index is 0.0368. The van der Waals surface area contributed by atoms with Gasteiger partial charge in [0.25, 0.3) is 0 Å². The predicted molar refractivity (Wildman–Crippen MR) is 162 cm³/mol. The van der Waals surface area contributed by atoms with Gasteiger partial charge >= 0.3 is 0 Å². The largest absolute Gasteiger partial charge is 0.493 e. The monoisotopic (exact) mass is 561 g/mol. The Hall–Kier alpha value is -3.06. The van der Waals surface area contributed by atoms with Crippen molar-refractivity contribution in [1.82, 2.24) is 10.6 Å². The standard InChI is InChI=1S/C33H40ClN3O3/c1-5-21(2)40-31-19-29-25(17-30(31)39-4)18-32(38)37(33(29)24-8-12-26(34)13-9-24)28-14-10-23(11-15-28)22(3)36-27-7-6-16-35-20-27/h8-15,17,19,21-22,27,33,35-36H,5-7,16,18,20H2,1-4H3/t21-,22?,27-,33?/m1/s1. The molecule has 40 heavy (non-hydrogen) atoms. The zero-order valence-electron chi connectivity index (χ0n) is 23.9. The van der Waals surface area contributed by atoms with Gasteiger partial charge in [-0.25, -0.2) is 0 Å². The van der Waals surface area contributed by atoms with E-state index in [-0.39, 0.29) is 30.5 Å². The fraction of sp³-hybridized carbons (Fsp3) is 0.424. The van der Waals surface area contributed by atoms with Crippen molar-refractivity contribution in [3.05, 3.63) is 87.9 Å². The van der Waals surface area contributed by atoms with Crippen LogP contribution in [-0.2, 0) is 11.2 Å². The van der Waals surface area contributed by atoms with Crippen LogP contribution >= 0.6 is 11.6 Å². The third kappa shape index (κ3) is 6.14. The maximum Gasteiger partial charge on any atom is 0.232 e. The van der Waals surface area contributed by atoms with Gasteiger partial charge in [-0.3, -0.25) is 4.79 Å². The summed E-state index contributed by atoms with van der Waals surface area (Å²) in [7, 11) is 1.64. The van der Waals surface area contributed by atoms with Crippen molar-refractivity contribution >= 4 is 23.2 Å². The fourth-order valence-corrected chi connectivity index (χ4v) is 5.87. The Morgan fingerprint density at radius 2 is 1.82 bits per heavy atom. The van der Waals surface area contributed by atoms with E-state index in [1.807, 2.05) is 42.2 Å². The normalized spacial score (nSPS) is 20.5. The van der Waals surface area contributed by atoms with Crippen LogP contribution in [0.25, 0.3) is 0 Å². The molecule has 2 N–H and O–H groups in total. The van der Waals surface area contributed by atoms with Crippen molar-refractivity contribution in [3.63, 3.8) is 0 Å². The minimum Gasteiger partial charge on any atom is -0.493 e. The number of fused-ring (bicyclic) bond motifs is 1. The highest BCUT2D eigenvalue weighted by Crippen LogP contribution is 2.44. The summed E-state index contributed by atoms with van der Waals surface area (Å²) in [5.41, 5.74) is 5.04. The van der Waals surface area contributed by atoms with Crippen LogP contribution in [0, 0.1) is 0 Å². The maximum absolute atomic E-state index is 13.8. The number of hydrogen-bond acceptors (Lipinski definition) is 5. The summed E-state index contributed by atoms with van der Waals surface area (Å²) in [4.78, 5) is 15.7.